The molecule has 2 rings (SSSR count). The van der Waals surface area contributed by atoms with Gasteiger partial charge in [0.05, 0.1) is 7.11 Å². The summed E-state index contributed by atoms with van der Waals surface area (Å²) in [6.07, 6.45) is 0. The van der Waals surface area contributed by atoms with E-state index in [0.29, 0.717) is 28.2 Å². The fourth-order valence-electron chi connectivity index (χ4n) is 1.29. The molecule has 17 heavy (non-hydrogen) atoms. The third-order valence-corrected chi connectivity index (χ3v) is 2.26. The highest BCUT2D eigenvalue weighted by Crippen LogP contribution is 2.27. The zero-order valence-electron chi connectivity index (χ0n) is 9.18. The Morgan fingerprint density at radius 2 is 1.82 bits per heavy atom. The molecule has 0 aliphatic carbocycles. The first-order valence-electron chi connectivity index (χ1n) is 4.92. The van der Waals surface area contributed by atoms with Crippen molar-refractivity contribution in [3.05, 3.63) is 41.6 Å². The van der Waals surface area contributed by atoms with Crippen LogP contribution in [0.1, 0.15) is 0 Å². The number of nitrogens with zero attached hydrogens (tertiary/aromatic N) is 1. The molecule has 4 nitrogen and oxygen atoms in total. The van der Waals surface area contributed by atoms with Crippen molar-refractivity contribution in [3.63, 3.8) is 0 Å². The molecule has 2 N–H and O–H groups in total. The number of rotatable bonds is 3. The van der Waals surface area contributed by atoms with Crippen molar-refractivity contribution in [2.45, 2.75) is 0 Å². The fourth-order valence-corrected chi connectivity index (χ4v) is 1.48. The molecule has 0 radical (unpaired) electrons. The van der Waals surface area contributed by atoms with Gasteiger partial charge in [-0.25, -0.2) is 4.98 Å². The first-order chi connectivity index (χ1) is 8.17. The molecular weight excluding hydrogens is 240 g/mol. The minimum Gasteiger partial charge on any atom is -0.481 e. The highest BCUT2D eigenvalue weighted by molar-refractivity contribution is 6.29. The maximum absolute atomic E-state index is 5.83. The van der Waals surface area contributed by atoms with Gasteiger partial charge in [0, 0.05) is 17.8 Å². The maximum Gasteiger partial charge on any atom is 0.218 e. The van der Waals surface area contributed by atoms with Crippen molar-refractivity contribution in [2.75, 3.05) is 12.8 Å². The molecule has 0 bridgehead atoms. The standard InChI is InChI=1S/C12H11ClN2O2/c1-16-12-7-10(6-11(13)15-12)17-9-4-2-8(14)3-5-9/h2-7H,14H2,1H3. The van der Waals surface area contributed by atoms with Gasteiger partial charge in [-0.1, -0.05) is 11.6 Å². The molecule has 0 aliphatic heterocycles. The summed E-state index contributed by atoms with van der Waals surface area (Å²) < 4.78 is 10.6. The number of pyridine rings is 1. The monoisotopic (exact) mass is 250 g/mol. The number of ether oxygens (including phenoxy) is 2. The van der Waals surface area contributed by atoms with Crippen LogP contribution in [0.2, 0.25) is 5.15 Å². The number of anilines is 1. The number of nitrogens with two attached hydrogens (primary N) is 1. The van der Waals surface area contributed by atoms with Crippen molar-refractivity contribution in [2.24, 2.45) is 0 Å². The lowest BCUT2D eigenvalue weighted by Crippen LogP contribution is -1.91. The van der Waals surface area contributed by atoms with Crippen LogP contribution < -0.4 is 15.2 Å². The molecule has 0 amide bonds. The zero-order valence-corrected chi connectivity index (χ0v) is 9.94. The van der Waals surface area contributed by atoms with E-state index < -0.39 is 0 Å². The van der Waals surface area contributed by atoms with E-state index in [2.05, 4.69) is 4.98 Å². The van der Waals surface area contributed by atoms with Gasteiger partial charge in [-0.05, 0) is 24.3 Å². The normalized spacial score (nSPS) is 10.0. The molecular formula is C12H11ClN2O2. The Bertz CT molecular complexity index is 514. The number of benzene rings is 1. The summed E-state index contributed by atoms with van der Waals surface area (Å²) in [6.45, 7) is 0. The lowest BCUT2D eigenvalue weighted by atomic mass is 10.3. The topological polar surface area (TPSA) is 57.4 Å². The molecule has 0 saturated heterocycles. The summed E-state index contributed by atoms with van der Waals surface area (Å²) in [5, 5.41) is 0.315. The molecule has 1 heterocycles. The minimum atomic E-state index is 0.315. The Balaban J connectivity index is 2.23. The van der Waals surface area contributed by atoms with E-state index in [1.807, 2.05) is 0 Å². The molecule has 2 aromatic rings. The molecule has 0 saturated carbocycles. The van der Waals surface area contributed by atoms with Gasteiger partial charge in [-0.3, -0.25) is 0 Å². The fraction of sp³-hybridized carbons (Fsp3) is 0.0833. The molecule has 1 aromatic heterocycles. The van der Waals surface area contributed by atoms with Crippen LogP contribution in [-0.2, 0) is 0 Å². The average molecular weight is 251 g/mol. The number of hydrogen-bond acceptors (Lipinski definition) is 4. The van der Waals surface area contributed by atoms with Gasteiger partial charge in [-0.2, -0.15) is 0 Å². The van der Waals surface area contributed by atoms with Crippen LogP contribution in [0.3, 0.4) is 0 Å². The second-order valence-electron chi connectivity index (χ2n) is 3.34. The number of hydrogen-bond donors (Lipinski definition) is 1. The molecule has 5 heteroatoms. The van der Waals surface area contributed by atoms with Crippen LogP contribution in [0.5, 0.6) is 17.4 Å². The van der Waals surface area contributed by atoms with Crippen LogP contribution in [0.4, 0.5) is 5.69 Å². The van der Waals surface area contributed by atoms with Gasteiger partial charge in [0.1, 0.15) is 16.7 Å². The predicted molar refractivity (Wildman–Crippen MR) is 66.7 cm³/mol. The Labute approximate surface area is 104 Å². The molecule has 0 spiro atoms. The van der Waals surface area contributed by atoms with Crippen molar-refractivity contribution in [1.82, 2.24) is 4.98 Å². The SMILES string of the molecule is COc1cc(Oc2ccc(N)cc2)cc(Cl)n1. The smallest absolute Gasteiger partial charge is 0.218 e. The van der Waals surface area contributed by atoms with Crippen LogP contribution in [-0.4, -0.2) is 12.1 Å². The molecule has 88 valence electrons. The summed E-state index contributed by atoms with van der Waals surface area (Å²) >= 11 is 5.83. The van der Waals surface area contributed by atoms with E-state index in [0.717, 1.165) is 0 Å². The van der Waals surface area contributed by atoms with E-state index >= 15 is 0 Å². The number of nitrogen functional groups attached to an aromatic ring is 1. The van der Waals surface area contributed by atoms with E-state index in [-0.39, 0.29) is 0 Å². The predicted octanol–water partition coefficient (Wildman–Crippen LogP) is 3.12. The van der Waals surface area contributed by atoms with Crippen molar-refractivity contribution >= 4 is 17.3 Å². The van der Waals surface area contributed by atoms with E-state index in [1.165, 1.54) is 7.11 Å². The summed E-state index contributed by atoms with van der Waals surface area (Å²) in [7, 11) is 1.52. The van der Waals surface area contributed by atoms with E-state index in [9.17, 15) is 0 Å². The molecule has 0 atom stereocenters. The third-order valence-electron chi connectivity index (χ3n) is 2.07. The highest BCUT2D eigenvalue weighted by Gasteiger charge is 2.03. The van der Waals surface area contributed by atoms with Crippen LogP contribution in [0.25, 0.3) is 0 Å². The minimum absolute atomic E-state index is 0.315. The van der Waals surface area contributed by atoms with Crippen LogP contribution in [0, 0.1) is 0 Å². The van der Waals surface area contributed by atoms with Crippen LogP contribution >= 0.6 is 11.6 Å². The maximum atomic E-state index is 5.83. The largest absolute Gasteiger partial charge is 0.481 e. The third kappa shape index (κ3) is 3.01. The van der Waals surface area contributed by atoms with E-state index in [1.54, 1.807) is 36.4 Å². The number of aromatic nitrogens is 1. The first-order valence-corrected chi connectivity index (χ1v) is 5.30. The van der Waals surface area contributed by atoms with Crippen molar-refractivity contribution < 1.29 is 9.47 Å². The number of halogens is 1. The average Bonchev–Trinajstić information content (AvgIpc) is 2.31. The summed E-state index contributed by atoms with van der Waals surface area (Å²) in [4.78, 5) is 3.95. The highest BCUT2D eigenvalue weighted by atomic mass is 35.5. The second-order valence-corrected chi connectivity index (χ2v) is 3.73. The second kappa shape index (κ2) is 4.93. The van der Waals surface area contributed by atoms with Crippen LogP contribution in [0.15, 0.2) is 36.4 Å². The summed E-state index contributed by atoms with van der Waals surface area (Å²) in [6, 6.07) is 10.3. The number of methoxy groups -OCH3 is 1. The van der Waals surface area contributed by atoms with Gasteiger partial charge < -0.3 is 15.2 Å². The Morgan fingerprint density at radius 3 is 2.47 bits per heavy atom. The van der Waals surface area contributed by atoms with Gasteiger partial charge in [0.2, 0.25) is 5.88 Å². The molecule has 0 unspecified atom stereocenters. The molecule has 1 aromatic carbocycles. The summed E-state index contributed by atoms with van der Waals surface area (Å²) in [5.41, 5.74) is 6.27. The molecule has 0 fully saturated rings. The first kappa shape index (κ1) is 11.5. The Morgan fingerprint density at radius 1 is 1.12 bits per heavy atom. The van der Waals surface area contributed by atoms with E-state index in [4.69, 9.17) is 26.8 Å². The van der Waals surface area contributed by atoms with Crippen molar-refractivity contribution in [1.29, 1.82) is 0 Å². The lowest BCUT2D eigenvalue weighted by Gasteiger charge is -2.07. The van der Waals surface area contributed by atoms with Gasteiger partial charge in [-0.15, -0.1) is 0 Å². The Hall–Kier alpha value is -1.94. The Kier molecular flexibility index (Phi) is 3.35. The van der Waals surface area contributed by atoms with Gasteiger partial charge in [0.25, 0.3) is 0 Å². The zero-order chi connectivity index (χ0) is 12.3. The summed E-state index contributed by atoms with van der Waals surface area (Å²) in [5.74, 6) is 1.64. The molecule has 0 aliphatic rings. The van der Waals surface area contributed by atoms with Crippen molar-refractivity contribution in [3.8, 4) is 17.4 Å². The van der Waals surface area contributed by atoms with Gasteiger partial charge in [0.15, 0.2) is 0 Å². The quantitative estimate of drug-likeness (QED) is 0.672. The van der Waals surface area contributed by atoms with Gasteiger partial charge >= 0.3 is 0 Å². The lowest BCUT2D eigenvalue weighted by molar-refractivity contribution is 0.392.